The summed E-state index contributed by atoms with van der Waals surface area (Å²) in [4.78, 5) is 32.6. The zero-order chi connectivity index (χ0) is 15.0. The van der Waals surface area contributed by atoms with Crippen LogP contribution < -0.4 is 5.56 Å². The Balaban J connectivity index is 2.41. The molecule has 0 spiro atoms. The number of rotatable bonds is 3. The summed E-state index contributed by atoms with van der Waals surface area (Å²) in [6.45, 7) is 9.11. The molecule has 5 nitrogen and oxygen atoms in total. The summed E-state index contributed by atoms with van der Waals surface area (Å²) in [5.74, 6) is -0.129. The van der Waals surface area contributed by atoms with Gasteiger partial charge in [0.15, 0.2) is 11.9 Å². The van der Waals surface area contributed by atoms with Gasteiger partial charge < -0.3 is 9.72 Å². The minimum Gasteiger partial charge on any atom is -0.454 e. The third-order valence-corrected chi connectivity index (χ3v) is 4.31. The Hall–Kier alpha value is -1.69. The molecule has 108 valence electrons. The summed E-state index contributed by atoms with van der Waals surface area (Å²) < 4.78 is 5.27. The lowest BCUT2D eigenvalue weighted by Gasteiger charge is -2.14. The van der Waals surface area contributed by atoms with E-state index >= 15 is 0 Å². The van der Waals surface area contributed by atoms with Crippen molar-refractivity contribution >= 4 is 27.5 Å². The minimum absolute atomic E-state index is 0.181. The molecule has 2 aromatic rings. The van der Waals surface area contributed by atoms with Gasteiger partial charge in [0.25, 0.3) is 5.56 Å². The summed E-state index contributed by atoms with van der Waals surface area (Å²) in [6, 6.07) is 0. The summed E-state index contributed by atoms with van der Waals surface area (Å²) in [7, 11) is 0. The number of esters is 1. The number of carbonyl (C=O) groups excluding carboxylic acids is 1. The molecule has 1 N–H and O–H groups in total. The van der Waals surface area contributed by atoms with Crippen LogP contribution >= 0.6 is 11.3 Å². The van der Waals surface area contributed by atoms with E-state index in [0.717, 1.165) is 10.4 Å². The first-order valence-electron chi connectivity index (χ1n) is 6.51. The van der Waals surface area contributed by atoms with Crippen LogP contribution in [0, 0.1) is 19.8 Å². The molecule has 1 atom stereocenters. The fourth-order valence-corrected chi connectivity index (χ4v) is 2.87. The van der Waals surface area contributed by atoms with Gasteiger partial charge >= 0.3 is 5.97 Å². The van der Waals surface area contributed by atoms with E-state index < -0.39 is 6.10 Å². The molecule has 20 heavy (non-hydrogen) atoms. The van der Waals surface area contributed by atoms with Gasteiger partial charge in [-0.3, -0.25) is 9.59 Å². The van der Waals surface area contributed by atoms with E-state index in [-0.39, 0.29) is 17.4 Å². The second kappa shape index (κ2) is 5.36. The number of aromatic amines is 1. The Morgan fingerprint density at radius 3 is 2.55 bits per heavy atom. The monoisotopic (exact) mass is 294 g/mol. The lowest BCUT2D eigenvalue weighted by Crippen LogP contribution is -2.19. The van der Waals surface area contributed by atoms with Crippen LogP contribution in [0.2, 0.25) is 0 Å². The zero-order valence-electron chi connectivity index (χ0n) is 12.2. The largest absolute Gasteiger partial charge is 0.454 e. The fraction of sp³-hybridized carbons (Fsp3) is 0.500. The Kier molecular flexibility index (Phi) is 3.94. The molecule has 0 saturated carbocycles. The molecule has 0 bridgehead atoms. The number of aryl methyl sites for hydroxylation is 2. The van der Waals surface area contributed by atoms with E-state index in [1.165, 1.54) is 11.3 Å². The van der Waals surface area contributed by atoms with E-state index in [2.05, 4.69) is 9.97 Å². The average Bonchev–Trinajstić information content (AvgIpc) is 2.65. The second-order valence-electron chi connectivity index (χ2n) is 5.15. The Labute approximate surface area is 121 Å². The Morgan fingerprint density at radius 1 is 1.30 bits per heavy atom. The molecule has 0 aliphatic carbocycles. The molecule has 0 aliphatic heterocycles. The van der Waals surface area contributed by atoms with E-state index in [0.29, 0.717) is 16.0 Å². The first-order chi connectivity index (χ1) is 9.31. The molecule has 2 heterocycles. The van der Waals surface area contributed by atoms with E-state index in [1.807, 2.05) is 13.8 Å². The molecule has 2 rings (SSSR count). The number of aromatic nitrogens is 2. The molecule has 0 saturated heterocycles. The molecule has 0 aliphatic rings. The molecule has 0 amide bonds. The van der Waals surface area contributed by atoms with Gasteiger partial charge in [0.1, 0.15) is 4.83 Å². The quantitative estimate of drug-likeness (QED) is 0.883. The molecule has 2 aromatic heterocycles. The van der Waals surface area contributed by atoms with E-state index in [9.17, 15) is 9.59 Å². The van der Waals surface area contributed by atoms with Gasteiger partial charge in [0, 0.05) is 4.88 Å². The van der Waals surface area contributed by atoms with Crippen molar-refractivity contribution in [2.24, 2.45) is 5.92 Å². The van der Waals surface area contributed by atoms with Crippen molar-refractivity contribution in [1.29, 1.82) is 0 Å². The van der Waals surface area contributed by atoms with Crippen LogP contribution in [0.15, 0.2) is 4.79 Å². The van der Waals surface area contributed by atoms with Crippen molar-refractivity contribution in [3.05, 3.63) is 26.6 Å². The van der Waals surface area contributed by atoms with Crippen LogP contribution in [0.4, 0.5) is 0 Å². The summed E-state index contributed by atoms with van der Waals surface area (Å²) in [5.41, 5.74) is 0.774. The van der Waals surface area contributed by atoms with Crippen LogP contribution in [0.1, 0.15) is 43.1 Å². The van der Waals surface area contributed by atoms with Gasteiger partial charge in [-0.05, 0) is 26.3 Å². The number of H-pyrrole nitrogens is 1. The first-order valence-corrected chi connectivity index (χ1v) is 7.33. The predicted molar refractivity (Wildman–Crippen MR) is 79.1 cm³/mol. The highest BCUT2D eigenvalue weighted by atomic mass is 32.1. The van der Waals surface area contributed by atoms with Gasteiger partial charge in [-0.15, -0.1) is 11.3 Å². The van der Waals surface area contributed by atoms with Gasteiger partial charge in [-0.25, -0.2) is 4.98 Å². The molecule has 6 heteroatoms. The number of nitrogens with one attached hydrogen (secondary N) is 1. The Morgan fingerprint density at radius 2 is 1.95 bits per heavy atom. The van der Waals surface area contributed by atoms with Gasteiger partial charge in [0.05, 0.1) is 11.3 Å². The van der Waals surface area contributed by atoms with E-state index in [4.69, 9.17) is 4.74 Å². The number of ether oxygens (including phenoxy) is 1. The van der Waals surface area contributed by atoms with Crippen molar-refractivity contribution in [1.82, 2.24) is 9.97 Å². The van der Waals surface area contributed by atoms with Gasteiger partial charge in [0.2, 0.25) is 0 Å². The zero-order valence-corrected chi connectivity index (χ0v) is 13.1. The highest BCUT2D eigenvalue weighted by Crippen LogP contribution is 2.27. The van der Waals surface area contributed by atoms with Crippen LogP contribution in [-0.2, 0) is 9.53 Å². The lowest BCUT2D eigenvalue weighted by atomic mass is 10.2. The number of carbonyl (C=O) groups is 1. The number of fused-ring (bicyclic) bond motifs is 1. The summed E-state index contributed by atoms with van der Waals surface area (Å²) >= 11 is 1.48. The first kappa shape index (κ1) is 14.7. The fourth-order valence-electron chi connectivity index (χ4n) is 1.83. The van der Waals surface area contributed by atoms with Crippen LogP contribution in [0.25, 0.3) is 10.2 Å². The number of thiophene rings is 1. The van der Waals surface area contributed by atoms with Crippen LogP contribution in [0.3, 0.4) is 0 Å². The topological polar surface area (TPSA) is 72.0 Å². The van der Waals surface area contributed by atoms with Crippen molar-refractivity contribution in [3.63, 3.8) is 0 Å². The highest BCUT2D eigenvalue weighted by molar-refractivity contribution is 7.18. The highest BCUT2D eigenvalue weighted by Gasteiger charge is 2.19. The minimum atomic E-state index is -0.565. The average molecular weight is 294 g/mol. The van der Waals surface area contributed by atoms with Gasteiger partial charge in [-0.1, -0.05) is 13.8 Å². The standard InChI is InChI=1S/C14H18N2O3S/c1-6(2)14(18)19-8(4)11-15-12(17)10-7(3)9(5)20-13(10)16-11/h6,8H,1-5H3,(H,15,16,17)/t8-/m0/s1. The summed E-state index contributed by atoms with van der Waals surface area (Å²) in [5, 5.41) is 0.624. The number of hydrogen-bond acceptors (Lipinski definition) is 5. The lowest BCUT2D eigenvalue weighted by molar-refractivity contribution is -0.152. The van der Waals surface area contributed by atoms with Crippen LogP contribution in [-0.4, -0.2) is 15.9 Å². The van der Waals surface area contributed by atoms with Crippen molar-refractivity contribution in [2.45, 2.75) is 40.7 Å². The van der Waals surface area contributed by atoms with Crippen LogP contribution in [0.5, 0.6) is 0 Å². The van der Waals surface area contributed by atoms with Crippen molar-refractivity contribution in [2.75, 3.05) is 0 Å². The molecular weight excluding hydrogens is 276 g/mol. The second-order valence-corrected chi connectivity index (χ2v) is 6.35. The third-order valence-electron chi connectivity index (χ3n) is 3.21. The third kappa shape index (κ3) is 2.60. The maximum Gasteiger partial charge on any atom is 0.309 e. The maximum absolute atomic E-state index is 12.1. The SMILES string of the molecule is Cc1sc2nc([C@H](C)OC(=O)C(C)C)[nH]c(=O)c2c1C. The van der Waals surface area contributed by atoms with Crippen molar-refractivity contribution < 1.29 is 9.53 Å². The predicted octanol–water partition coefficient (Wildman–Crippen LogP) is 2.86. The normalized spacial score (nSPS) is 12.9. The number of hydrogen-bond donors (Lipinski definition) is 1. The summed E-state index contributed by atoms with van der Waals surface area (Å²) in [6.07, 6.45) is -0.565. The molecule has 0 aromatic carbocycles. The van der Waals surface area contributed by atoms with Gasteiger partial charge in [-0.2, -0.15) is 0 Å². The molecular formula is C14H18N2O3S. The molecule has 0 fully saturated rings. The molecule has 0 radical (unpaired) electrons. The smallest absolute Gasteiger partial charge is 0.309 e. The molecule has 0 unspecified atom stereocenters. The van der Waals surface area contributed by atoms with Crippen molar-refractivity contribution in [3.8, 4) is 0 Å². The van der Waals surface area contributed by atoms with E-state index in [1.54, 1.807) is 20.8 Å². The number of nitrogens with zero attached hydrogens (tertiary/aromatic N) is 1. The Bertz CT molecular complexity index is 715. The maximum atomic E-state index is 12.1.